The first-order valence-corrected chi connectivity index (χ1v) is 9.58. The predicted octanol–water partition coefficient (Wildman–Crippen LogP) is 3.18. The number of aryl methyl sites for hydroxylation is 1. The quantitative estimate of drug-likeness (QED) is 0.598. The Bertz CT molecular complexity index is 1180. The average Bonchev–Trinajstić information content (AvgIpc) is 3.38. The fourth-order valence-corrected chi connectivity index (χ4v) is 4.06. The number of aromatic nitrogens is 4. The summed E-state index contributed by atoms with van der Waals surface area (Å²) in [4.78, 5) is 21.8. The maximum absolute atomic E-state index is 13.1. The molecule has 1 N–H and O–H groups in total. The van der Waals surface area contributed by atoms with E-state index in [2.05, 4.69) is 39.6 Å². The van der Waals surface area contributed by atoms with Gasteiger partial charge >= 0.3 is 0 Å². The van der Waals surface area contributed by atoms with Crippen LogP contribution in [0.4, 0.5) is 5.69 Å². The normalized spacial score (nSPS) is 13.8. The molecule has 1 aliphatic rings. The molecule has 0 unspecified atom stereocenters. The fraction of sp³-hybridized carbons (Fsp3) is 0.227. The molecule has 0 radical (unpaired) electrons. The summed E-state index contributed by atoms with van der Waals surface area (Å²) in [5.41, 5.74) is 4.92. The largest absolute Gasteiger partial charge is 0.380 e. The number of imidazole rings is 1. The Labute approximate surface area is 162 Å². The second-order valence-corrected chi connectivity index (χ2v) is 7.21. The van der Waals surface area contributed by atoms with Gasteiger partial charge in [0.25, 0.3) is 0 Å². The van der Waals surface area contributed by atoms with E-state index in [0.717, 1.165) is 25.1 Å². The van der Waals surface area contributed by atoms with Gasteiger partial charge in [-0.15, -0.1) is 0 Å². The molecular weight excluding hydrogens is 350 g/mol. The SMILES string of the molecule is CCn1cc(-n2ccnc2)c(=O)c2cc(NC3Cc4ccccc4C3)cnc21. The van der Waals surface area contributed by atoms with Crippen LogP contribution in [0.3, 0.4) is 0 Å². The highest BCUT2D eigenvalue weighted by atomic mass is 16.1. The molecule has 0 aliphatic heterocycles. The molecule has 3 aromatic heterocycles. The Morgan fingerprint density at radius 1 is 1.21 bits per heavy atom. The molecule has 0 saturated heterocycles. The van der Waals surface area contributed by atoms with Gasteiger partial charge in [0, 0.05) is 31.2 Å². The van der Waals surface area contributed by atoms with E-state index in [4.69, 9.17) is 0 Å². The Kier molecular flexibility index (Phi) is 3.97. The van der Waals surface area contributed by atoms with Gasteiger partial charge in [-0.2, -0.15) is 0 Å². The summed E-state index contributed by atoms with van der Waals surface area (Å²) < 4.78 is 3.75. The van der Waals surface area contributed by atoms with Gasteiger partial charge in [0.05, 0.1) is 23.6 Å². The first-order chi connectivity index (χ1) is 13.7. The van der Waals surface area contributed by atoms with Gasteiger partial charge in [-0.25, -0.2) is 9.97 Å². The van der Waals surface area contributed by atoms with Crippen molar-refractivity contribution in [3.8, 4) is 5.69 Å². The van der Waals surface area contributed by atoms with Gasteiger partial charge in [-0.05, 0) is 37.0 Å². The molecule has 6 heteroatoms. The molecule has 28 heavy (non-hydrogen) atoms. The minimum Gasteiger partial charge on any atom is -0.380 e. The molecule has 3 heterocycles. The van der Waals surface area contributed by atoms with Crippen LogP contribution in [-0.2, 0) is 19.4 Å². The molecule has 0 fully saturated rings. The number of fused-ring (bicyclic) bond motifs is 2. The van der Waals surface area contributed by atoms with Gasteiger partial charge in [0.2, 0.25) is 5.43 Å². The van der Waals surface area contributed by atoms with Crippen molar-refractivity contribution in [2.24, 2.45) is 0 Å². The molecule has 0 amide bonds. The Morgan fingerprint density at radius 3 is 2.68 bits per heavy atom. The molecule has 6 nitrogen and oxygen atoms in total. The summed E-state index contributed by atoms with van der Waals surface area (Å²) in [7, 11) is 0. The third-order valence-electron chi connectivity index (χ3n) is 5.44. The van der Waals surface area contributed by atoms with Crippen LogP contribution >= 0.6 is 0 Å². The summed E-state index contributed by atoms with van der Waals surface area (Å²) in [5, 5.41) is 4.19. The molecule has 0 atom stereocenters. The van der Waals surface area contributed by atoms with Crippen molar-refractivity contribution in [3.05, 3.63) is 82.8 Å². The van der Waals surface area contributed by atoms with Crippen molar-refractivity contribution >= 4 is 16.7 Å². The fourth-order valence-electron chi connectivity index (χ4n) is 4.06. The van der Waals surface area contributed by atoms with Gasteiger partial charge in [-0.1, -0.05) is 24.3 Å². The lowest BCUT2D eigenvalue weighted by molar-refractivity contribution is 0.765. The van der Waals surface area contributed by atoms with Crippen molar-refractivity contribution in [1.29, 1.82) is 0 Å². The number of pyridine rings is 2. The molecule has 1 aromatic carbocycles. The molecule has 1 aliphatic carbocycles. The Hall–Kier alpha value is -3.41. The van der Waals surface area contributed by atoms with Crippen LogP contribution < -0.4 is 10.7 Å². The Morgan fingerprint density at radius 2 is 2.00 bits per heavy atom. The van der Waals surface area contributed by atoms with Crippen LogP contribution in [0.25, 0.3) is 16.7 Å². The molecule has 0 spiro atoms. The summed E-state index contributed by atoms with van der Waals surface area (Å²) in [6.07, 6.45) is 10.8. The van der Waals surface area contributed by atoms with Gasteiger partial charge in [-0.3, -0.25) is 4.79 Å². The average molecular weight is 371 g/mol. The molecule has 140 valence electrons. The monoisotopic (exact) mass is 371 g/mol. The topological polar surface area (TPSA) is 64.7 Å². The third-order valence-corrected chi connectivity index (χ3v) is 5.44. The zero-order valence-corrected chi connectivity index (χ0v) is 15.7. The Balaban J connectivity index is 1.54. The highest BCUT2D eigenvalue weighted by molar-refractivity contribution is 5.80. The van der Waals surface area contributed by atoms with Crippen LogP contribution in [0.15, 0.2) is 66.2 Å². The highest BCUT2D eigenvalue weighted by Crippen LogP contribution is 2.25. The smallest absolute Gasteiger partial charge is 0.215 e. The minimum absolute atomic E-state index is 0.0384. The maximum atomic E-state index is 13.1. The molecule has 5 rings (SSSR count). The summed E-state index contributed by atoms with van der Waals surface area (Å²) in [5.74, 6) is 0. The molecule has 0 bridgehead atoms. The van der Waals surface area contributed by atoms with Gasteiger partial charge in [0.15, 0.2) is 0 Å². The van der Waals surface area contributed by atoms with Crippen molar-refractivity contribution in [2.75, 3.05) is 5.32 Å². The van der Waals surface area contributed by atoms with E-state index in [1.54, 1.807) is 23.3 Å². The lowest BCUT2D eigenvalue weighted by Crippen LogP contribution is -2.21. The highest BCUT2D eigenvalue weighted by Gasteiger charge is 2.21. The van der Waals surface area contributed by atoms with Crippen molar-refractivity contribution in [1.82, 2.24) is 19.1 Å². The minimum atomic E-state index is -0.0384. The third kappa shape index (κ3) is 2.78. The predicted molar refractivity (Wildman–Crippen MR) is 110 cm³/mol. The second kappa shape index (κ2) is 6.64. The van der Waals surface area contributed by atoms with Crippen LogP contribution in [0, 0.1) is 0 Å². The first-order valence-electron chi connectivity index (χ1n) is 9.58. The van der Waals surface area contributed by atoms with Crippen LogP contribution in [-0.4, -0.2) is 25.1 Å². The summed E-state index contributed by atoms with van der Waals surface area (Å²) >= 11 is 0. The van der Waals surface area contributed by atoms with Crippen molar-refractivity contribution < 1.29 is 0 Å². The summed E-state index contributed by atoms with van der Waals surface area (Å²) in [6, 6.07) is 10.8. The van der Waals surface area contributed by atoms with Crippen LogP contribution in [0.2, 0.25) is 0 Å². The zero-order valence-electron chi connectivity index (χ0n) is 15.7. The summed E-state index contributed by atoms with van der Waals surface area (Å²) in [6.45, 7) is 2.78. The standard InChI is InChI=1S/C22H21N5O/c1-2-26-13-20(27-8-7-23-14-27)21(28)19-11-18(12-24-22(19)26)25-17-9-15-5-3-4-6-16(15)10-17/h3-8,11-14,17,25H,2,9-10H2,1H3. The van der Waals surface area contributed by atoms with Gasteiger partial charge in [0.1, 0.15) is 11.3 Å². The van der Waals surface area contributed by atoms with Crippen LogP contribution in [0.5, 0.6) is 0 Å². The zero-order chi connectivity index (χ0) is 19.1. The number of rotatable bonds is 4. The number of nitrogens with zero attached hydrogens (tertiary/aromatic N) is 4. The number of nitrogens with one attached hydrogen (secondary N) is 1. The van der Waals surface area contributed by atoms with E-state index in [-0.39, 0.29) is 5.43 Å². The van der Waals surface area contributed by atoms with Crippen molar-refractivity contribution in [3.63, 3.8) is 0 Å². The van der Waals surface area contributed by atoms with Crippen LogP contribution in [0.1, 0.15) is 18.1 Å². The molecular formula is C22H21N5O. The number of anilines is 1. The molecule has 4 aromatic rings. The first kappa shape index (κ1) is 16.7. The lowest BCUT2D eigenvalue weighted by Gasteiger charge is -2.16. The van der Waals surface area contributed by atoms with E-state index >= 15 is 0 Å². The maximum Gasteiger partial charge on any atom is 0.215 e. The number of benzene rings is 1. The van der Waals surface area contributed by atoms with E-state index in [0.29, 0.717) is 22.8 Å². The second-order valence-electron chi connectivity index (χ2n) is 7.21. The lowest BCUT2D eigenvalue weighted by atomic mass is 10.1. The van der Waals surface area contributed by atoms with Gasteiger partial charge < -0.3 is 14.5 Å². The number of hydrogen-bond acceptors (Lipinski definition) is 4. The van der Waals surface area contributed by atoms with Crippen molar-refractivity contribution in [2.45, 2.75) is 32.4 Å². The molecule has 0 saturated carbocycles. The van der Waals surface area contributed by atoms with E-state index < -0.39 is 0 Å². The van der Waals surface area contributed by atoms with E-state index in [9.17, 15) is 4.79 Å². The van der Waals surface area contributed by atoms with E-state index in [1.807, 2.05) is 30.0 Å². The number of hydrogen-bond donors (Lipinski definition) is 1. The van der Waals surface area contributed by atoms with E-state index in [1.165, 1.54) is 11.1 Å².